The van der Waals surface area contributed by atoms with Crippen LogP contribution in [0.4, 0.5) is 4.11 Å². The van der Waals surface area contributed by atoms with Crippen LogP contribution in [0, 0.1) is 5.92 Å². The van der Waals surface area contributed by atoms with Crippen LogP contribution in [0.3, 0.4) is 0 Å². The first-order chi connectivity index (χ1) is 8.03. The fourth-order valence-corrected chi connectivity index (χ4v) is 6.72. The maximum atomic E-state index is 15.6. The molecule has 1 saturated carbocycles. The summed E-state index contributed by atoms with van der Waals surface area (Å²) in [6.45, 7) is 15.7. The van der Waals surface area contributed by atoms with Crippen molar-refractivity contribution in [2.45, 2.75) is 77.0 Å². The Kier molecular flexibility index (Phi) is 4.49. The van der Waals surface area contributed by atoms with Crippen molar-refractivity contribution in [3.05, 3.63) is 12.7 Å². The highest BCUT2D eigenvalue weighted by Gasteiger charge is 2.59. The van der Waals surface area contributed by atoms with Gasteiger partial charge in [0.2, 0.25) is 0 Å². The van der Waals surface area contributed by atoms with Crippen molar-refractivity contribution < 1.29 is 8.53 Å². The summed E-state index contributed by atoms with van der Waals surface area (Å²) in [5.74, 6) is 0.331. The fraction of sp³-hybridized carbons (Fsp3) is 0.867. The van der Waals surface area contributed by atoms with E-state index < -0.39 is 18.7 Å². The van der Waals surface area contributed by atoms with Gasteiger partial charge in [-0.3, -0.25) is 4.11 Å². The fourth-order valence-electron chi connectivity index (χ4n) is 3.06. The molecule has 2 atom stereocenters. The topological polar surface area (TPSA) is 9.23 Å². The Bertz CT molecular complexity index is 287. The van der Waals surface area contributed by atoms with E-state index in [0.717, 1.165) is 19.3 Å². The van der Waals surface area contributed by atoms with E-state index in [2.05, 4.69) is 6.58 Å². The van der Waals surface area contributed by atoms with E-state index in [1.165, 1.54) is 0 Å². The van der Waals surface area contributed by atoms with Crippen LogP contribution in [0.2, 0.25) is 10.1 Å². The summed E-state index contributed by atoms with van der Waals surface area (Å²) in [7, 11) is -3.32. The van der Waals surface area contributed by atoms with Gasteiger partial charge in [0.25, 0.3) is 0 Å². The van der Waals surface area contributed by atoms with Gasteiger partial charge < -0.3 is 4.43 Å². The van der Waals surface area contributed by atoms with E-state index in [1.807, 2.05) is 47.6 Å². The molecular weight excluding hydrogens is 243 g/mol. The molecule has 1 nitrogen and oxygen atoms in total. The van der Waals surface area contributed by atoms with Gasteiger partial charge in [-0.1, -0.05) is 54.0 Å². The van der Waals surface area contributed by atoms with Crippen LogP contribution in [0.1, 0.15) is 60.8 Å². The summed E-state index contributed by atoms with van der Waals surface area (Å²) in [5.41, 5.74) is 0. The molecule has 0 aromatic carbocycles. The maximum absolute atomic E-state index is 15.6. The van der Waals surface area contributed by atoms with Crippen LogP contribution in [-0.4, -0.2) is 14.8 Å². The molecule has 0 aliphatic heterocycles. The molecule has 3 heteroatoms. The summed E-state index contributed by atoms with van der Waals surface area (Å²) in [5, 5.41) is -0.806. The second-order valence-corrected chi connectivity index (χ2v) is 12.0. The molecule has 0 saturated heterocycles. The Balaban J connectivity index is 2.97. The van der Waals surface area contributed by atoms with E-state index >= 15 is 4.11 Å². The van der Waals surface area contributed by atoms with Gasteiger partial charge in [0.05, 0.1) is 6.10 Å². The number of rotatable bonds is 3. The lowest BCUT2D eigenvalue weighted by Crippen LogP contribution is -2.53. The lowest BCUT2D eigenvalue weighted by atomic mass is 10.1. The third kappa shape index (κ3) is 2.88. The molecule has 0 unspecified atom stereocenters. The molecule has 0 spiro atoms. The van der Waals surface area contributed by atoms with Crippen molar-refractivity contribution in [1.82, 2.24) is 0 Å². The molecule has 0 aromatic heterocycles. The molecule has 0 radical (unpaired) electrons. The van der Waals surface area contributed by atoms with Gasteiger partial charge in [-0.2, -0.15) is 0 Å². The normalized spacial score (nSPS) is 26.4. The predicted octanol–water partition coefficient (Wildman–Crippen LogP) is 5.37. The van der Waals surface area contributed by atoms with Crippen molar-refractivity contribution in [3.63, 3.8) is 0 Å². The van der Waals surface area contributed by atoms with Gasteiger partial charge >= 0.3 is 8.65 Å². The highest BCUT2D eigenvalue weighted by Crippen LogP contribution is 2.54. The Hall–Kier alpha value is -0.153. The van der Waals surface area contributed by atoms with Crippen molar-refractivity contribution in [2.24, 2.45) is 5.92 Å². The first-order valence-corrected chi connectivity index (χ1v) is 8.81. The van der Waals surface area contributed by atoms with Gasteiger partial charge in [-0.25, -0.2) is 0 Å². The van der Waals surface area contributed by atoms with Crippen molar-refractivity contribution in [3.8, 4) is 0 Å². The van der Waals surface area contributed by atoms with Crippen LogP contribution >= 0.6 is 0 Å². The second-order valence-electron chi connectivity index (χ2n) is 7.58. The minimum absolute atomic E-state index is 0.0395. The number of hydrogen-bond acceptors (Lipinski definition) is 1. The second kappa shape index (κ2) is 5.08. The van der Waals surface area contributed by atoms with Gasteiger partial charge in [0.15, 0.2) is 0 Å². The van der Waals surface area contributed by atoms with E-state index in [9.17, 15) is 0 Å². The van der Waals surface area contributed by atoms with Crippen LogP contribution in [0.25, 0.3) is 0 Å². The zero-order chi connectivity index (χ0) is 14.2. The molecule has 1 fully saturated rings. The molecule has 0 amide bonds. The molecule has 1 aliphatic carbocycles. The number of halogens is 1. The summed E-state index contributed by atoms with van der Waals surface area (Å²) >= 11 is 0. The number of hydrogen-bond donors (Lipinski definition) is 0. The Morgan fingerprint density at radius 1 is 1.11 bits per heavy atom. The van der Waals surface area contributed by atoms with Gasteiger partial charge in [0, 0.05) is 16.0 Å². The van der Waals surface area contributed by atoms with Crippen molar-refractivity contribution >= 4 is 8.65 Å². The third-order valence-corrected chi connectivity index (χ3v) is 8.54. The van der Waals surface area contributed by atoms with Crippen LogP contribution in [-0.2, 0) is 4.43 Å². The Morgan fingerprint density at radius 3 is 2.00 bits per heavy atom. The Morgan fingerprint density at radius 2 is 1.61 bits per heavy atom. The molecule has 1 rings (SSSR count). The van der Waals surface area contributed by atoms with Gasteiger partial charge in [-0.15, -0.1) is 6.58 Å². The van der Waals surface area contributed by atoms with E-state index in [-0.39, 0.29) is 6.10 Å². The van der Waals surface area contributed by atoms with Crippen molar-refractivity contribution in [1.29, 1.82) is 0 Å². The Labute approximate surface area is 113 Å². The zero-order valence-corrected chi connectivity index (χ0v) is 13.8. The highest BCUT2D eigenvalue weighted by molar-refractivity contribution is 6.72. The average Bonchev–Trinajstić information content (AvgIpc) is 2.61. The molecule has 0 N–H and O–H groups in total. The van der Waals surface area contributed by atoms with Crippen LogP contribution in [0.15, 0.2) is 12.7 Å². The summed E-state index contributed by atoms with van der Waals surface area (Å²) in [6.07, 6.45) is 5.17. The molecule has 0 heterocycles. The zero-order valence-electron chi connectivity index (χ0n) is 12.8. The van der Waals surface area contributed by atoms with Crippen LogP contribution < -0.4 is 0 Å². The summed E-state index contributed by atoms with van der Waals surface area (Å²) < 4.78 is 21.8. The molecule has 106 valence electrons. The molecule has 0 aromatic rings. The summed E-state index contributed by atoms with van der Waals surface area (Å²) in [6, 6.07) is 0. The first kappa shape index (κ1) is 15.9. The molecule has 1 aliphatic rings. The van der Waals surface area contributed by atoms with E-state index in [0.29, 0.717) is 5.92 Å². The smallest absolute Gasteiger partial charge is 0.387 e. The third-order valence-electron chi connectivity index (χ3n) is 4.05. The average molecular weight is 272 g/mol. The minimum atomic E-state index is -3.32. The standard InChI is InChI=1S/C15H29FOSi/c1-8-12-10-9-11-13(12)17-18(16,14(2,3)4)15(5,6)7/h8,12-13H,1,9-11H2,2-7H3/t12-,13+/m0/s1. The quantitative estimate of drug-likeness (QED) is 0.381. The van der Waals surface area contributed by atoms with Crippen LogP contribution in [0.5, 0.6) is 0 Å². The monoisotopic (exact) mass is 272 g/mol. The lowest BCUT2D eigenvalue weighted by Gasteiger charge is -2.45. The SMILES string of the molecule is C=C[C@H]1CCC[C@H]1O[Si](F)(C(C)(C)C)C(C)(C)C. The minimum Gasteiger partial charge on any atom is -0.387 e. The maximum Gasteiger partial charge on any atom is 0.394 e. The molecule has 18 heavy (non-hydrogen) atoms. The largest absolute Gasteiger partial charge is 0.394 e. The molecular formula is C15H29FOSi. The van der Waals surface area contributed by atoms with E-state index in [4.69, 9.17) is 4.43 Å². The predicted molar refractivity (Wildman–Crippen MR) is 78.7 cm³/mol. The molecule has 0 bridgehead atoms. The van der Waals surface area contributed by atoms with Crippen molar-refractivity contribution in [2.75, 3.05) is 0 Å². The summed E-state index contributed by atoms with van der Waals surface area (Å²) in [4.78, 5) is 0. The first-order valence-electron chi connectivity index (χ1n) is 7.02. The van der Waals surface area contributed by atoms with E-state index in [1.54, 1.807) is 0 Å². The van der Waals surface area contributed by atoms with Gasteiger partial charge in [-0.05, 0) is 12.8 Å². The highest BCUT2D eigenvalue weighted by atomic mass is 28.4. The lowest BCUT2D eigenvalue weighted by molar-refractivity contribution is 0.118. The van der Waals surface area contributed by atoms with Gasteiger partial charge in [0.1, 0.15) is 0 Å².